The maximum Gasteiger partial charge on any atom is 0.149 e. The second kappa shape index (κ2) is 10.5. The molecule has 2 N–H and O–H groups in total. The van der Waals surface area contributed by atoms with Gasteiger partial charge < -0.3 is 15.2 Å². The van der Waals surface area contributed by atoms with Crippen LogP contribution in [0.2, 0.25) is 0 Å². The number of halogens is 2. The van der Waals surface area contributed by atoms with Gasteiger partial charge in [0.1, 0.15) is 11.6 Å². The van der Waals surface area contributed by atoms with Gasteiger partial charge in [-0.2, -0.15) is 0 Å². The molecule has 3 atom stereocenters. The molecule has 1 aliphatic rings. The molecule has 6 nitrogen and oxygen atoms in total. The molecule has 0 saturated carbocycles. The lowest BCUT2D eigenvalue weighted by atomic mass is 9.93. The Morgan fingerprint density at radius 3 is 2.75 bits per heavy atom. The molecule has 1 aromatic carbocycles. The van der Waals surface area contributed by atoms with Crippen LogP contribution in [0.5, 0.6) is 0 Å². The van der Waals surface area contributed by atoms with Crippen LogP contribution < -0.4 is 10.6 Å². The zero-order valence-corrected chi connectivity index (χ0v) is 18.4. The van der Waals surface area contributed by atoms with Crippen LogP contribution in [0.4, 0.5) is 5.82 Å². The van der Waals surface area contributed by atoms with E-state index in [-0.39, 0.29) is 49.1 Å². The molecule has 0 spiro atoms. The second-order valence-electron chi connectivity index (χ2n) is 6.97. The number of fused-ring (bicyclic) bond motifs is 1. The predicted molar refractivity (Wildman–Crippen MR) is 116 cm³/mol. The van der Waals surface area contributed by atoms with E-state index in [1.807, 2.05) is 13.0 Å². The summed E-state index contributed by atoms with van der Waals surface area (Å²) in [5, 5.41) is 1.55. The molecule has 0 radical (unpaired) electrons. The number of aryl methyl sites for hydroxylation is 1. The molecule has 2 heterocycles. The van der Waals surface area contributed by atoms with Crippen molar-refractivity contribution in [2.24, 2.45) is 11.7 Å². The quantitative estimate of drug-likeness (QED) is 0.723. The van der Waals surface area contributed by atoms with Crippen LogP contribution in [-0.4, -0.2) is 38.7 Å². The monoisotopic (exact) mass is 446 g/mol. The molecule has 1 saturated heterocycles. The maximum atomic E-state index is 12.1. The number of hydrogen-bond donors (Lipinski definition) is 1. The van der Waals surface area contributed by atoms with Crippen molar-refractivity contribution in [3.63, 3.8) is 0 Å². The molecule has 1 aromatic heterocycles. The van der Waals surface area contributed by atoms with Gasteiger partial charge in [-0.25, -0.2) is 4.98 Å². The van der Waals surface area contributed by atoms with Gasteiger partial charge >= 0.3 is 0 Å². The Balaban J connectivity index is 0.00000196. The van der Waals surface area contributed by atoms with Gasteiger partial charge in [0.25, 0.3) is 0 Å². The summed E-state index contributed by atoms with van der Waals surface area (Å²) in [6, 6.07) is 5.41. The van der Waals surface area contributed by atoms with Crippen LogP contribution in [0.3, 0.4) is 0 Å². The van der Waals surface area contributed by atoms with E-state index in [1.165, 1.54) is 0 Å². The van der Waals surface area contributed by atoms with E-state index in [9.17, 15) is 13.6 Å². The second-order valence-corrected chi connectivity index (χ2v) is 7.88. The van der Waals surface area contributed by atoms with Crippen molar-refractivity contribution in [1.29, 1.82) is 0 Å². The van der Waals surface area contributed by atoms with Crippen molar-refractivity contribution in [3.8, 4) is 0 Å². The Bertz CT molecular complexity index is 866. The zero-order valence-electron chi connectivity index (χ0n) is 15.9. The summed E-state index contributed by atoms with van der Waals surface area (Å²) in [4.78, 5) is 19.2. The molecule has 0 aliphatic carbocycles. The minimum atomic E-state index is -2.31. The fourth-order valence-electron chi connectivity index (χ4n) is 3.94. The minimum Gasteiger partial charge on any atom is -0.768 e. The number of nitrogens with two attached hydrogens (primary N) is 1. The van der Waals surface area contributed by atoms with Gasteiger partial charge in [-0.1, -0.05) is 12.1 Å². The Labute approximate surface area is 180 Å². The Morgan fingerprint density at radius 2 is 2.11 bits per heavy atom. The standard InChI is InChI=1S/C19H25N3O3S.2ClH/c1-12-11-21-19(15-6-3-7-17(18(12)15)26(24)25)22-8-4-5-14(9-13(22)2)16(23)10-20;;/h3,6-7,11,13-14H,4-5,8-10,20H2,1-2H3,(H,24,25);2*1H/p-1. The Hall–Kier alpha value is -1.25. The van der Waals surface area contributed by atoms with E-state index < -0.39 is 11.1 Å². The summed E-state index contributed by atoms with van der Waals surface area (Å²) in [6.07, 6.45) is 4.18. The molecule has 3 unspecified atom stereocenters. The number of aromatic nitrogens is 1. The van der Waals surface area contributed by atoms with E-state index in [2.05, 4.69) is 16.8 Å². The largest absolute Gasteiger partial charge is 0.768 e. The van der Waals surface area contributed by atoms with E-state index >= 15 is 0 Å². The third-order valence-electron chi connectivity index (χ3n) is 5.26. The molecular weight excluding hydrogens is 421 g/mol. The van der Waals surface area contributed by atoms with Crippen LogP contribution in [0.25, 0.3) is 10.8 Å². The molecule has 2 aromatic rings. The fourth-order valence-corrected chi connectivity index (χ4v) is 4.57. The van der Waals surface area contributed by atoms with Crippen molar-refractivity contribution in [2.75, 3.05) is 18.0 Å². The lowest BCUT2D eigenvalue weighted by Crippen LogP contribution is -2.35. The number of anilines is 1. The third kappa shape index (κ3) is 4.83. The summed E-state index contributed by atoms with van der Waals surface area (Å²) >= 11 is -2.31. The number of nitrogens with zero attached hydrogens (tertiary/aromatic N) is 2. The van der Waals surface area contributed by atoms with Crippen molar-refractivity contribution in [2.45, 2.75) is 44.0 Å². The summed E-state index contributed by atoms with van der Waals surface area (Å²) < 4.78 is 23.3. The number of hydrogen-bond acceptors (Lipinski definition) is 6. The van der Waals surface area contributed by atoms with Crippen molar-refractivity contribution < 1.29 is 13.6 Å². The predicted octanol–water partition coefficient (Wildman–Crippen LogP) is 3.15. The van der Waals surface area contributed by atoms with Crippen LogP contribution >= 0.6 is 24.8 Å². The molecule has 1 fully saturated rings. The molecule has 28 heavy (non-hydrogen) atoms. The first-order valence-electron chi connectivity index (χ1n) is 8.91. The minimum absolute atomic E-state index is 0. The Morgan fingerprint density at radius 1 is 1.39 bits per heavy atom. The normalized spacial score (nSPS) is 20.6. The number of Topliss-reactive ketones (excluding diaryl/α,β-unsaturated/α-hetero) is 1. The lowest BCUT2D eigenvalue weighted by molar-refractivity contribution is -0.121. The fraction of sp³-hybridized carbons (Fsp3) is 0.474. The number of carbonyl (C=O) groups is 1. The van der Waals surface area contributed by atoms with Crippen molar-refractivity contribution >= 4 is 58.3 Å². The lowest BCUT2D eigenvalue weighted by Gasteiger charge is -2.30. The first-order valence-corrected chi connectivity index (χ1v) is 9.98. The summed E-state index contributed by atoms with van der Waals surface area (Å²) in [7, 11) is 0. The van der Waals surface area contributed by atoms with Crippen molar-refractivity contribution in [3.05, 3.63) is 30.0 Å². The van der Waals surface area contributed by atoms with Gasteiger partial charge in [-0.05, 0) is 55.8 Å². The van der Waals surface area contributed by atoms with Crippen molar-refractivity contribution in [1.82, 2.24) is 4.98 Å². The first-order chi connectivity index (χ1) is 12.4. The van der Waals surface area contributed by atoms with Gasteiger partial charge in [-0.15, -0.1) is 24.8 Å². The highest BCUT2D eigenvalue weighted by Gasteiger charge is 2.28. The summed E-state index contributed by atoms with van der Waals surface area (Å²) in [5.41, 5.74) is 6.38. The summed E-state index contributed by atoms with van der Waals surface area (Å²) in [6.45, 7) is 4.83. The topological polar surface area (TPSA) is 99.3 Å². The highest BCUT2D eigenvalue weighted by molar-refractivity contribution is 7.79. The first kappa shape index (κ1) is 24.8. The average Bonchev–Trinajstić information content (AvgIpc) is 2.82. The SMILES string of the molecule is Cc1cnc(N2CCCC(C(=O)CN)CC2C)c2cccc(S(=O)[O-])c12.Cl.Cl. The van der Waals surface area contributed by atoms with E-state index in [0.29, 0.717) is 4.90 Å². The van der Waals surface area contributed by atoms with Gasteiger partial charge in [0.05, 0.1) is 6.54 Å². The number of carbonyl (C=O) groups excluding carboxylic acids is 1. The van der Waals surface area contributed by atoms with E-state index in [0.717, 1.165) is 48.0 Å². The average molecular weight is 447 g/mol. The molecule has 9 heteroatoms. The zero-order chi connectivity index (χ0) is 18.8. The van der Waals surface area contributed by atoms with Crippen LogP contribution in [0.1, 0.15) is 31.7 Å². The molecule has 156 valence electrons. The number of ketones is 1. The maximum absolute atomic E-state index is 12.1. The molecule has 1 aliphatic heterocycles. The third-order valence-corrected chi connectivity index (χ3v) is 5.96. The highest BCUT2D eigenvalue weighted by Crippen LogP contribution is 2.34. The van der Waals surface area contributed by atoms with Gasteiger partial charge in [0.2, 0.25) is 0 Å². The van der Waals surface area contributed by atoms with Gasteiger partial charge in [-0.3, -0.25) is 9.00 Å². The van der Waals surface area contributed by atoms with Crippen LogP contribution in [-0.2, 0) is 15.9 Å². The van der Waals surface area contributed by atoms with Gasteiger partial charge in [0.15, 0.2) is 0 Å². The van der Waals surface area contributed by atoms with Gasteiger partial charge in [0, 0.05) is 40.4 Å². The molecule has 0 amide bonds. The number of pyridine rings is 1. The van der Waals surface area contributed by atoms with E-state index in [4.69, 9.17) is 5.73 Å². The number of benzene rings is 1. The smallest absolute Gasteiger partial charge is 0.149 e. The van der Waals surface area contributed by atoms with Crippen LogP contribution in [0, 0.1) is 12.8 Å². The molecule has 0 bridgehead atoms. The van der Waals surface area contributed by atoms with Crippen LogP contribution in [0.15, 0.2) is 29.3 Å². The Kier molecular flexibility index (Phi) is 9.30. The molecule has 3 rings (SSSR count). The number of rotatable bonds is 4. The van der Waals surface area contributed by atoms with E-state index in [1.54, 1.807) is 18.3 Å². The highest BCUT2D eigenvalue weighted by atomic mass is 35.5. The summed E-state index contributed by atoms with van der Waals surface area (Å²) in [5.74, 6) is 0.886. The molecular formula is C19H26Cl2N3O3S-.